The number of piperazine rings is 1. The van der Waals surface area contributed by atoms with Crippen molar-refractivity contribution in [1.82, 2.24) is 9.80 Å². The molecule has 2 aromatic rings. The van der Waals surface area contributed by atoms with Crippen LogP contribution in [0, 0.1) is 17.0 Å². The lowest BCUT2D eigenvalue weighted by molar-refractivity contribution is -0.385. The van der Waals surface area contributed by atoms with E-state index < -0.39 is 0 Å². The van der Waals surface area contributed by atoms with Gasteiger partial charge in [0.25, 0.3) is 5.69 Å². The van der Waals surface area contributed by atoms with Gasteiger partial charge in [-0.3, -0.25) is 19.9 Å². The van der Waals surface area contributed by atoms with E-state index in [0.717, 1.165) is 49.6 Å². The van der Waals surface area contributed by atoms with Crippen LogP contribution < -0.4 is 4.74 Å². The number of benzene rings is 2. The zero-order valence-corrected chi connectivity index (χ0v) is 16.1. The highest BCUT2D eigenvalue weighted by Crippen LogP contribution is 2.33. The first-order chi connectivity index (χ1) is 13.6. The molecule has 4 rings (SSSR count). The summed E-state index contributed by atoms with van der Waals surface area (Å²) in [7, 11) is 0. The van der Waals surface area contributed by atoms with E-state index in [9.17, 15) is 10.1 Å². The van der Waals surface area contributed by atoms with Crippen molar-refractivity contribution in [3.63, 3.8) is 0 Å². The van der Waals surface area contributed by atoms with E-state index in [-0.39, 0.29) is 17.4 Å². The van der Waals surface area contributed by atoms with E-state index in [1.54, 1.807) is 12.1 Å². The SMILES string of the molecule is Cc1cccc(CN2CCN(Cc3cc([N+](=O)[O-])cc4c3OCOC4)CC2)c1. The lowest BCUT2D eigenvalue weighted by atomic mass is 10.1. The summed E-state index contributed by atoms with van der Waals surface area (Å²) >= 11 is 0. The average molecular weight is 383 g/mol. The van der Waals surface area contributed by atoms with Gasteiger partial charge in [-0.2, -0.15) is 0 Å². The van der Waals surface area contributed by atoms with Crippen molar-refractivity contribution in [2.24, 2.45) is 0 Å². The predicted octanol–water partition coefficient (Wildman–Crippen LogP) is 3.09. The zero-order valence-electron chi connectivity index (χ0n) is 16.1. The third kappa shape index (κ3) is 4.32. The Kier molecular flexibility index (Phi) is 5.57. The Bertz CT molecular complexity index is 863. The highest BCUT2D eigenvalue weighted by Gasteiger charge is 2.24. The highest BCUT2D eigenvalue weighted by molar-refractivity contribution is 5.50. The second-order valence-electron chi connectivity index (χ2n) is 7.50. The minimum atomic E-state index is -0.349. The Balaban J connectivity index is 1.41. The molecule has 1 fully saturated rings. The first kappa shape index (κ1) is 18.9. The first-order valence-corrected chi connectivity index (χ1v) is 9.59. The molecule has 1 saturated heterocycles. The second-order valence-corrected chi connectivity index (χ2v) is 7.50. The molecule has 2 aromatic carbocycles. The first-order valence-electron chi connectivity index (χ1n) is 9.59. The van der Waals surface area contributed by atoms with Crippen LogP contribution in [0.4, 0.5) is 5.69 Å². The van der Waals surface area contributed by atoms with Crippen molar-refractivity contribution >= 4 is 5.69 Å². The molecule has 0 radical (unpaired) electrons. The van der Waals surface area contributed by atoms with Crippen molar-refractivity contribution in [3.05, 3.63) is 68.8 Å². The van der Waals surface area contributed by atoms with Crippen LogP contribution >= 0.6 is 0 Å². The molecule has 0 aliphatic carbocycles. The lowest BCUT2D eigenvalue weighted by Crippen LogP contribution is -2.45. The molecular weight excluding hydrogens is 358 g/mol. The molecule has 0 unspecified atom stereocenters. The lowest BCUT2D eigenvalue weighted by Gasteiger charge is -2.35. The molecule has 0 atom stereocenters. The zero-order chi connectivity index (χ0) is 19.5. The van der Waals surface area contributed by atoms with E-state index in [0.29, 0.717) is 13.2 Å². The highest BCUT2D eigenvalue weighted by atomic mass is 16.7. The molecule has 28 heavy (non-hydrogen) atoms. The number of hydrogen-bond acceptors (Lipinski definition) is 6. The van der Waals surface area contributed by atoms with E-state index in [4.69, 9.17) is 9.47 Å². The Hall–Kier alpha value is -2.48. The smallest absolute Gasteiger partial charge is 0.270 e. The number of non-ortho nitro benzene ring substituents is 1. The monoisotopic (exact) mass is 383 g/mol. The van der Waals surface area contributed by atoms with Crippen LogP contribution in [0.1, 0.15) is 22.3 Å². The van der Waals surface area contributed by atoms with Crippen LogP contribution in [0.5, 0.6) is 5.75 Å². The normalized spacial score (nSPS) is 17.8. The Morgan fingerprint density at radius 2 is 1.82 bits per heavy atom. The van der Waals surface area contributed by atoms with Crippen molar-refractivity contribution in [2.75, 3.05) is 33.0 Å². The Labute approximate surface area is 164 Å². The number of fused-ring (bicyclic) bond motifs is 1. The summed E-state index contributed by atoms with van der Waals surface area (Å²) in [5, 5.41) is 11.3. The maximum absolute atomic E-state index is 11.3. The molecule has 148 valence electrons. The van der Waals surface area contributed by atoms with Gasteiger partial charge in [0, 0.05) is 62.5 Å². The van der Waals surface area contributed by atoms with Crippen LogP contribution in [0.2, 0.25) is 0 Å². The predicted molar refractivity (Wildman–Crippen MR) is 105 cm³/mol. The average Bonchev–Trinajstić information content (AvgIpc) is 2.69. The summed E-state index contributed by atoms with van der Waals surface area (Å²) in [6.07, 6.45) is 0. The Morgan fingerprint density at radius 1 is 1.07 bits per heavy atom. The molecule has 2 aliphatic heterocycles. The molecule has 2 heterocycles. The van der Waals surface area contributed by atoms with Crippen LogP contribution in [0.25, 0.3) is 0 Å². The fraction of sp³-hybridized carbons (Fsp3) is 0.429. The van der Waals surface area contributed by atoms with E-state index in [1.807, 2.05) is 0 Å². The van der Waals surface area contributed by atoms with Gasteiger partial charge in [-0.25, -0.2) is 0 Å². The van der Waals surface area contributed by atoms with Gasteiger partial charge in [0.15, 0.2) is 6.79 Å². The van der Waals surface area contributed by atoms with Gasteiger partial charge < -0.3 is 9.47 Å². The topological polar surface area (TPSA) is 68.1 Å². The number of aryl methyl sites for hydroxylation is 1. The fourth-order valence-corrected chi connectivity index (χ4v) is 3.92. The van der Waals surface area contributed by atoms with E-state index in [2.05, 4.69) is 41.0 Å². The van der Waals surface area contributed by atoms with Gasteiger partial charge in [0.2, 0.25) is 0 Å². The molecule has 7 heteroatoms. The van der Waals surface area contributed by atoms with E-state index in [1.165, 1.54) is 11.1 Å². The van der Waals surface area contributed by atoms with Crippen molar-refractivity contribution in [3.8, 4) is 5.75 Å². The van der Waals surface area contributed by atoms with Gasteiger partial charge in [-0.1, -0.05) is 29.8 Å². The maximum atomic E-state index is 11.3. The molecule has 0 saturated carbocycles. The number of nitrogens with zero attached hydrogens (tertiary/aromatic N) is 3. The van der Waals surface area contributed by atoms with Gasteiger partial charge in [0.1, 0.15) is 5.75 Å². The third-order valence-corrected chi connectivity index (χ3v) is 5.33. The summed E-state index contributed by atoms with van der Waals surface area (Å²) in [5.41, 5.74) is 4.36. The largest absolute Gasteiger partial charge is 0.467 e. The van der Waals surface area contributed by atoms with Gasteiger partial charge >= 0.3 is 0 Å². The second kappa shape index (κ2) is 8.26. The minimum Gasteiger partial charge on any atom is -0.467 e. The summed E-state index contributed by atoms with van der Waals surface area (Å²) in [4.78, 5) is 15.7. The minimum absolute atomic E-state index is 0.0981. The summed E-state index contributed by atoms with van der Waals surface area (Å²) in [5.74, 6) is 0.749. The summed E-state index contributed by atoms with van der Waals surface area (Å²) in [6.45, 7) is 8.11. The van der Waals surface area contributed by atoms with Crippen LogP contribution in [0.3, 0.4) is 0 Å². The number of nitro benzene ring substituents is 1. The molecule has 7 nitrogen and oxygen atoms in total. The standard InChI is InChI=1S/C21H25N3O4/c1-16-3-2-4-17(9-16)12-22-5-7-23(8-6-22)13-18-10-20(24(25)26)11-19-14-27-15-28-21(18)19/h2-4,9-11H,5-8,12-15H2,1H3. The van der Waals surface area contributed by atoms with Crippen LogP contribution in [-0.2, 0) is 24.4 Å². The van der Waals surface area contributed by atoms with Crippen molar-refractivity contribution in [2.45, 2.75) is 26.6 Å². The number of nitro groups is 1. The summed E-state index contributed by atoms with van der Waals surface area (Å²) < 4.78 is 10.9. The molecule has 0 amide bonds. The molecule has 2 aliphatic rings. The van der Waals surface area contributed by atoms with Gasteiger partial charge in [0.05, 0.1) is 11.5 Å². The van der Waals surface area contributed by atoms with Gasteiger partial charge in [-0.05, 0) is 12.5 Å². The third-order valence-electron chi connectivity index (χ3n) is 5.33. The van der Waals surface area contributed by atoms with E-state index >= 15 is 0 Å². The number of ether oxygens (including phenoxy) is 2. The maximum Gasteiger partial charge on any atom is 0.270 e. The molecule has 0 spiro atoms. The van der Waals surface area contributed by atoms with Crippen molar-refractivity contribution < 1.29 is 14.4 Å². The quantitative estimate of drug-likeness (QED) is 0.584. The molecule has 0 aromatic heterocycles. The Morgan fingerprint density at radius 3 is 2.54 bits per heavy atom. The van der Waals surface area contributed by atoms with Crippen molar-refractivity contribution in [1.29, 1.82) is 0 Å². The number of rotatable bonds is 5. The molecule has 0 bridgehead atoms. The summed E-state index contributed by atoms with van der Waals surface area (Å²) in [6, 6.07) is 11.8. The van der Waals surface area contributed by atoms with Gasteiger partial charge in [-0.15, -0.1) is 0 Å². The van der Waals surface area contributed by atoms with Crippen LogP contribution in [-0.4, -0.2) is 47.7 Å². The van der Waals surface area contributed by atoms with Crippen LogP contribution in [0.15, 0.2) is 36.4 Å². The molecular formula is C21H25N3O4. The number of hydrogen-bond donors (Lipinski definition) is 0. The molecule has 0 N–H and O–H groups in total. The fourth-order valence-electron chi connectivity index (χ4n) is 3.92.